The number of benzene rings is 1. The number of methoxy groups -OCH3 is 1. The molecule has 1 aliphatic heterocycles. The molecule has 112 valence electrons. The second-order valence-corrected chi connectivity index (χ2v) is 5.48. The van der Waals surface area contributed by atoms with E-state index in [-0.39, 0.29) is 0 Å². The molecule has 2 rings (SSSR count). The number of piperazine rings is 1. The lowest BCUT2D eigenvalue weighted by atomic mass is 10.2. The van der Waals surface area contributed by atoms with Crippen molar-refractivity contribution in [2.45, 2.75) is 13.3 Å². The van der Waals surface area contributed by atoms with Gasteiger partial charge in [0.25, 0.3) is 0 Å². The van der Waals surface area contributed by atoms with Gasteiger partial charge in [-0.3, -0.25) is 0 Å². The topological polar surface area (TPSA) is 24.9 Å². The average Bonchev–Trinajstić information content (AvgIpc) is 2.47. The van der Waals surface area contributed by atoms with Gasteiger partial charge in [-0.05, 0) is 32.0 Å². The summed E-state index contributed by atoms with van der Waals surface area (Å²) in [5.41, 5.74) is 1.14. The van der Waals surface area contributed by atoms with Crippen molar-refractivity contribution in [2.24, 2.45) is 0 Å². The van der Waals surface area contributed by atoms with Crippen LogP contribution < -0.4 is 9.47 Å². The maximum Gasteiger partial charge on any atom is 0.125 e. The molecule has 4 nitrogen and oxygen atoms in total. The summed E-state index contributed by atoms with van der Waals surface area (Å²) >= 11 is 0. The Morgan fingerprint density at radius 3 is 2.60 bits per heavy atom. The first-order valence-electron chi connectivity index (χ1n) is 7.37. The lowest BCUT2D eigenvalue weighted by Crippen LogP contribution is -2.44. The van der Waals surface area contributed by atoms with Crippen LogP contribution in [0.3, 0.4) is 0 Å². The van der Waals surface area contributed by atoms with E-state index in [1.54, 1.807) is 7.11 Å². The Labute approximate surface area is 122 Å². The molecule has 0 aromatic heterocycles. The van der Waals surface area contributed by atoms with E-state index in [4.69, 9.17) is 9.47 Å². The molecule has 0 radical (unpaired) electrons. The molecule has 0 saturated carbocycles. The first kappa shape index (κ1) is 15.1. The molecule has 1 aliphatic rings. The van der Waals surface area contributed by atoms with Crippen molar-refractivity contribution in [2.75, 3.05) is 53.5 Å². The Bertz CT molecular complexity index is 415. The summed E-state index contributed by atoms with van der Waals surface area (Å²) < 4.78 is 11.1. The summed E-state index contributed by atoms with van der Waals surface area (Å²) in [5, 5.41) is 0. The van der Waals surface area contributed by atoms with E-state index in [1.165, 1.54) is 26.2 Å². The van der Waals surface area contributed by atoms with Crippen molar-refractivity contribution in [3.63, 3.8) is 0 Å². The molecule has 20 heavy (non-hydrogen) atoms. The van der Waals surface area contributed by atoms with Gasteiger partial charge in [-0.2, -0.15) is 0 Å². The summed E-state index contributed by atoms with van der Waals surface area (Å²) in [7, 11) is 3.88. The molecular weight excluding hydrogens is 252 g/mol. The van der Waals surface area contributed by atoms with Gasteiger partial charge in [0.15, 0.2) is 0 Å². The molecule has 0 unspecified atom stereocenters. The van der Waals surface area contributed by atoms with Gasteiger partial charge < -0.3 is 19.3 Å². The number of hydrogen-bond acceptors (Lipinski definition) is 4. The lowest BCUT2D eigenvalue weighted by molar-refractivity contribution is 0.145. The molecule has 1 heterocycles. The molecule has 1 aromatic carbocycles. The standard InChI is InChI=1S/C16H26N2O2/c1-14-5-6-15(13-16(14)19-3)20-12-4-7-18-10-8-17(2)9-11-18/h5-6,13H,4,7-12H2,1-3H3. The summed E-state index contributed by atoms with van der Waals surface area (Å²) in [6.07, 6.45) is 1.07. The van der Waals surface area contributed by atoms with Crippen LogP contribution >= 0.6 is 0 Å². The summed E-state index contributed by atoms with van der Waals surface area (Å²) in [6.45, 7) is 8.63. The second-order valence-electron chi connectivity index (χ2n) is 5.48. The van der Waals surface area contributed by atoms with Gasteiger partial charge in [0.05, 0.1) is 13.7 Å². The molecule has 0 N–H and O–H groups in total. The Kier molecular flexibility index (Phi) is 5.68. The number of ether oxygens (including phenoxy) is 2. The fourth-order valence-corrected chi connectivity index (χ4v) is 2.44. The normalized spacial score (nSPS) is 17.1. The number of nitrogens with zero attached hydrogens (tertiary/aromatic N) is 2. The van der Waals surface area contributed by atoms with Crippen LogP contribution in [0.15, 0.2) is 18.2 Å². The van der Waals surface area contributed by atoms with Crippen molar-refractivity contribution in [1.82, 2.24) is 9.80 Å². The van der Waals surface area contributed by atoms with Gasteiger partial charge in [0.2, 0.25) is 0 Å². The summed E-state index contributed by atoms with van der Waals surface area (Å²) in [6, 6.07) is 6.01. The van der Waals surface area contributed by atoms with E-state index >= 15 is 0 Å². The van der Waals surface area contributed by atoms with Crippen LogP contribution in [0.1, 0.15) is 12.0 Å². The first-order chi connectivity index (χ1) is 9.69. The van der Waals surface area contributed by atoms with Gasteiger partial charge in [-0.1, -0.05) is 6.07 Å². The van der Waals surface area contributed by atoms with Gasteiger partial charge in [0.1, 0.15) is 11.5 Å². The third-order valence-corrected chi connectivity index (χ3v) is 3.86. The fourth-order valence-electron chi connectivity index (χ4n) is 2.44. The first-order valence-corrected chi connectivity index (χ1v) is 7.37. The highest BCUT2D eigenvalue weighted by molar-refractivity contribution is 5.39. The number of likely N-dealkylation sites (N-methyl/N-ethyl adjacent to an activating group) is 1. The van der Waals surface area contributed by atoms with Crippen LogP contribution in [0, 0.1) is 6.92 Å². The van der Waals surface area contributed by atoms with Crippen LogP contribution in [0.4, 0.5) is 0 Å². The van der Waals surface area contributed by atoms with E-state index in [0.29, 0.717) is 0 Å². The zero-order valence-corrected chi connectivity index (χ0v) is 12.9. The third-order valence-electron chi connectivity index (χ3n) is 3.86. The van der Waals surface area contributed by atoms with Crippen LogP contribution in [0.5, 0.6) is 11.5 Å². The SMILES string of the molecule is COc1cc(OCCCN2CCN(C)CC2)ccc1C. The molecule has 0 atom stereocenters. The summed E-state index contributed by atoms with van der Waals surface area (Å²) in [4.78, 5) is 4.89. The number of hydrogen-bond donors (Lipinski definition) is 0. The Morgan fingerprint density at radius 2 is 1.90 bits per heavy atom. The molecule has 0 amide bonds. The molecule has 0 bridgehead atoms. The van der Waals surface area contributed by atoms with E-state index in [9.17, 15) is 0 Å². The van der Waals surface area contributed by atoms with E-state index < -0.39 is 0 Å². The van der Waals surface area contributed by atoms with Crippen LogP contribution in [-0.4, -0.2) is 63.3 Å². The average molecular weight is 278 g/mol. The molecule has 1 fully saturated rings. The van der Waals surface area contributed by atoms with Crippen molar-refractivity contribution in [1.29, 1.82) is 0 Å². The molecule has 0 aliphatic carbocycles. The number of aryl methyl sites for hydroxylation is 1. The van der Waals surface area contributed by atoms with Gasteiger partial charge in [-0.15, -0.1) is 0 Å². The molecular formula is C16H26N2O2. The fraction of sp³-hybridized carbons (Fsp3) is 0.625. The second kappa shape index (κ2) is 7.50. The predicted octanol–water partition coefficient (Wildman–Crippen LogP) is 2.02. The maximum absolute atomic E-state index is 5.80. The highest BCUT2D eigenvalue weighted by Crippen LogP contribution is 2.23. The lowest BCUT2D eigenvalue weighted by Gasteiger charge is -2.32. The minimum absolute atomic E-state index is 0.762. The predicted molar refractivity (Wildman–Crippen MR) is 81.8 cm³/mol. The van der Waals surface area contributed by atoms with Gasteiger partial charge in [0, 0.05) is 38.8 Å². The highest BCUT2D eigenvalue weighted by Gasteiger charge is 2.12. The Balaban J connectivity index is 1.68. The van der Waals surface area contributed by atoms with E-state index in [1.807, 2.05) is 25.1 Å². The van der Waals surface area contributed by atoms with Crippen molar-refractivity contribution in [3.05, 3.63) is 23.8 Å². The zero-order chi connectivity index (χ0) is 14.4. The van der Waals surface area contributed by atoms with Crippen molar-refractivity contribution >= 4 is 0 Å². The summed E-state index contributed by atoms with van der Waals surface area (Å²) in [5.74, 6) is 1.78. The number of rotatable bonds is 6. The Hall–Kier alpha value is -1.26. The van der Waals surface area contributed by atoms with Gasteiger partial charge >= 0.3 is 0 Å². The van der Waals surface area contributed by atoms with Crippen molar-refractivity contribution < 1.29 is 9.47 Å². The van der Waals surface area contributed by atoms with Crippen LogP contribution in [0.25, 0.3) is 0 Å². The largest absolute Gasteiger partial charge is 0.496 e. The molecule has 1 aromatic rings. The van der Waals surface area contributed by atoms with E-state index in [0.717, 1.165) is 36.6 Å². The molecule has 4 heteroatoms. The third kappa shape index (κ3) is 4.39. The minimum atomic E-state index is 0.762. The quantitative estimate of drug-likeness (QED) is 0.743. The Morgan fingerprint density at radius 1 is 1.15 bits per heavy atom. The smallest absolute Gasteiger partial charge is 0.125 e. The van der Waals surface area contributed by atoms with Crippen LogP contribution in [-0.2, 0) is 0 Å². The van der Waals surface area contributed by atoms with Gasteiger partial charge in [-0.25, -0.2) is 0 Å². The van der Waals surface area contributed by atoms with Crippen molar-refractivity contribution in [3.8, 4) is 11.5 Å². The van der Waals surface area contributed by atoms with Crippen LogP contribution in [0.2, 0.25) is 0 Å². The van der Waals surface area contributed by atoms with E-state index in [2.05, 4.69) is 16.8 Å². The zero-order valence-electron chi connectivity index (χ0n) is 12.9. The monoisotopic (exact) mass is 278 g/mol. The minimum Gasteiger partial charge on any atom is -0.496 e. The molecule has 1 saturated heterocycles. The highest BCUT2D eigenvalue weighted by atomic mass is 16.5. The maximum atomic E-state index is 5.80. The molecule has 0 spiro atoms.